The predicted octanol–water partition coefficient (Wildman–Crippen LogP) is 4.41. The molecule has 1 fully saturated rings. The summed E-state index contributed by atoms with van der Waals surface area (Å²) in [7, 11) is 0. The lowest BCUT2D eigenvalue weighted by Crippen LogP contribution is -2.41. The van der Waals surface area contributed by atoms with Crippen molar-refractivity contribution in [2.45, 2.75) is 39.0 Å². The van der Waals surface area contributed by atoms with Gasteiger partial charge in [-0.2, -0.15) is 0 Å². The Morgan fingerprint density at radius 2 is 1.60 bits per heavy atom. The zero-order valence-corrected chi connectivity index (χ0v) is 20.3. The quantitative estimate of drug-likeness (QED) is 0.495. The SMILES string of the molecule is CC(C)C(CNC(=O)C1CCCC1CNC(=O)OCC1c2ccccc2-c2ccccc21)C(=O)O. The minimum atomic E-state index is -0.903. The van der Waals surface area contributed by atoms with E-state index in [9.17, 15) is 19.5 Å². The van der Waals surface area contributed by atoms with Crippen LogP contribution in [0.1, 0.15) is 50.2 Å². The van der Waals surface area contributed by atoms with Crippen LogP contribution < -0.4 is 10.6 Å². The summed E-state index contributed by atoms with van der Waals surface area (Å²) in [6.45, 7) is 4.40. The Morgan fingerprint density at radius 1 is 0.971 bits per heavy atom. The van der Waals surface area contributed by atoms with E-state index in [4.69, 9.17) is 4.74 Å². The molecule has 1 saturated carbocycles. The molecule has 2 aliphatic rings. The highest BCUT2D eigenvalue weighted by atomic mass is 16.5. The van der Waals surface area contributed by atoms with E-state index in [0.717, 1.165) is 30.4 Å². The molecule has 2 aromatic rings. The van der Waals surface area contributed by atoms with Crippen LogP contribution in [-0.4, -0.2) is 42.8 Å². The molecule has 3 unspecified atom stereocenters. The molecule has 3 atom stereocenters. The lowest BCUT2D eigenvalue weighted by Gasteiger charge is -2.22. The summed E-state index contributed by atoms with van der Waals surface area (Å²) in [4.78, 5) is 36.7. The second-order valence-electron chi connectivity index (χ2n) is 9.94. The lowest BCUT2D eigenvalue weighted by atomic mass is 9.93. The number of hydrogen-bond donors (Lipinski definition) is 3. The predicted molar refractivity (Wildman–Crippen MR) is 133 cm³/mol. The summed E-state index contributed by atoms with van der Waals surface area (Å²) in [5, 5.41) is 15.0. The Bertz CT molecular complexity index is 1040. The molecule has 2 aliphatic carbocycles. The van der Waals surface area contributed by atoms with Gasteiger partial charge in [-0.3, -0.25) is 9.59 Å². The largest absolute Gasteiger partial charge is 0.481 e. The molecular weight excluding hydrogens is 444 g/mol. The number of carboxylic acid groups (broad SMARTS) is 1. The summed E-state index contributed by atoms with van der Waals surface area (Å²) in [5.74, 6) is -1.93. The molecule has 0 aliphatic heterocycles. The van der Waals surface area contributed by atoms with E-state index in [0.29, 0.717) is 6.54 Å². The highest BCUT2D eigenvalue weighted by Crippen LogP contribution is 2.44. The zero-order chi connectivity index (χ0) is 24.9. The van der Waals surface area contributed by atoms with Crippen molar-refractivity contribution in [2.75, 3.05) is 19.7 Å². The van der Waals surface area contributed by atoms with Crippen LogP contribution in [0, 0.1) is 23.7 Å². The van der Waals surface area contributed by atoms with Crippen molar-refractivity contribution >= 4 is 18.0 Å². The smallest absolute Gasteiger partial charge is 0.407 e. The molecule has 0 aromatic heterocycles. The number of aliphatic carboxylic acids is 1. The van der Waals surface area contributed by atoms with Crippen molar-refractivity contribution in [3.63, 3.8) is 0 Å². The third-order valence-electron chi connectivity index (χ3n) is 7.47. The van der Waals surface area contributed by atoms with Crippen LogP contribution in [0.4, 0.5) is 4.79 Å². The normalized spacial score (nSPS) is 19.6. The van der Waals surface area contributed by atoms with Gasteiger partial charge in [0, 0.05) is 24.9 Å². The van der Waals surface area contributed by atoms with Gasteiger partial charge in [0.1, 0.15) is 6.61 Å². The molecule has 7 nitrogen and oxygen atoms in total. The number of fused-ring (bicyclic) bond motifs is 3. The van der Waals surface area contributed by atoms with Crippen LogP contribution in [0.25, 0.3) is 11.1 Å². The number of carbonyl (C=O) groups excluding carboxylic acids is 2. The van der Waals surface area contributed by atoms with Gasteiger partial charge in [0.25, 0.3) is 0 Å². The van der Waals surface area contributed by atoms with E-state index < -0.39 is 18.0 Å². The highest BCUT2D eigenvalue weighted by Gasteiger charge is 2.34. The minimum Gasteiger partial charge on any atom is -0.481 e. The maximum Gasteiger partial charge on any atom is 0.407 e. The number of carboxylic acids is 1. The Kier molecular flexibility index (Phi) is 7.73. The molecule has 35 heavy (non-hydrogen) atoms. The number of amides is 2. The summed E-state index contributed by atoms with van der Waals surface area (Å²) in [6.07, 6.45) is 2.00. The monoisotopic (exact) mass is 478 g/mol. The van der Waals surface area contributed by atoms with Crippen molar-refractivity contribution in [3.05, 3.63) is 59.7 Å². The lowest BCUT2D eigenvalue weighted by molar-refractivity contribution is -0.143. The van der Waals surface area contributed by atoms with Gasteiger partial charge in [0.2, 0.25) is 5.91 Å². The van der Waals surface area contributed by atoms with Crippen LogP contribution in [0.3, 0.4) is 0 Å². The first-order chi connectivity index (χ1) is 16.9. The molecule has 2 aromatic carbocycles. The molecule has 3 N–H and O–H groups in total. The second-order valence-corrected chi connectivity index (χ2v) is 9.94. The van der Waals surface area contributed by atoms with Crippen LogP contribution >= 0.6 is 0 Å². The fourth-order valence-electron chi connectivity index (χ4n) is 5.44. The van der Waals surface area contributed by atoms with E-state index in [-0.39, 0.29) is 42.7 Å². The maximum absolute atomic E-state index is 12.7. The molecule has 7 heteroatoms. The highest BCUT2D eigenvalue weighted by molar-refractivity contribution is 5.81. The van der Waals surface area contributed by atoms with Crippen LogP contribution in [0.2, 0.25) is 0 Å². The fourth-order valence-corrected chi connectivity index (χ4v) is 5.44. The van der Waals surface area contributed by atoms with Gasteiger partial charge in [-0.1, -0.05) is 68.8 Å². The molecule has 2 amide bonds. The molecule has 0 bridgehead atoms. The number of benzene rings is 2. The topological polar surface area (TPSA) is 105 Å². The van der Waals surface area contributed by atoms with Crippen molar-refractivity contribution in [3.8, 4) is 11.1 Å². The number of rotatable bonds is 9. The Morgan fingerprint density at radius 3 is 2.20 bits per heavy atom. The summed E-state index contributed by atoms with van der Waals surface area (Å²) in [5.41, 5.74) is 4.68. The fraction of sp³-hybridized carbons (Fsp3) is 0.464. The van der Waals surface area contributed by atoms with Gasteiger partial charge in [-0.25, -0.2) is 4.79 Å². The van der Waals surface area contributed by atoms with E-state index in [1.165, 1.54) is 11.1 Å². The van der Waals surface area contributed by atoms with Crippen molar-refractivity contribution in [1.82, 2.24) is 10.6 Å². The standard InChI is InChI=1S/C28H34N2O5/c1-17(2)24(27(32)33)15-29-26(31)19-13-7-8-18(19)14-30-28(34)35-16-25-22-11-5-3-9-20(22)21-10-4-6-12-23(21)25/h3-6,9-12,17-19,24-25H,7-8,13-16H2,1-2H3,(H,29,31)(H,30,34)(H,32,33). The minimum absolute atomic E-state index is 0.00120. The van der Waals surface area contributed by atoms with Gasteiger partial charge < -0.3 is 20.5 Å². The first-order valence-electron chi connectivity index (χ1n) is 12.5. The van der Waals surface area contributed by atoms with Gasteiger partial charge in [0.05, 0.1) is 5.92 Å². The van der Waals surface area contributed by atoms with E-state index in [1.54, 1.807) is 0 Å². The van der Waals surface area contributed by atoms with E-state index in [2.05, 4.69) is 34.9 Å². The van der Waals surface area contributed by atoms with E-state index >= 15 is 0 Å². The van der Waals surface area contributed by atoms with Crippen molar-refractivity contribution in [2.24, 2.45) is 23.7 Å². The van der Waals surface area contributed by atoms with Gasteiger partial charge in [-0.15, -0.1) is 0 Å². The third kappa shape index (κ3) is 5.50. The molecule has 0 heterocycles. The molecule has 186 valence electrons. The van der Waals surface area contributed by atoms with Gasteiger partial charge in [0.15, 0.2) is 0 Å². The van der Waals surface area contributed by atoms with Crippen LogP contribution in [0.5, 0.6) is 0 Å². The Labute approximate surface area is 206 Å². The molecule has 0 radical (unpaired) electrons. The average Bonchev–Trinajstić information content (AvgIpc) is 3.44. The number of nitrogens with one attached hydrogen (secondary N) is 2. The first-order valence-corrected chi connectivity index (χ1v) is 12.5. The Hall–Kier alpha value is -3.35. The van der Waals surface area contributed by atoms with Crippen molar-refractivity contribution in [1.29, 1.82) is 0 Å². The third-order valence-corrected chi connectivity index (χ3v) is 7.47. The van der Waals surface area contributed by atoms with Crippen LogP contribution in [0.15, 0.2) is 48.5 Å². The maximum atomic E-state index is 12.7. The van der Waals surface area contributed by atoms with Gasteiger partial charge in [-0.05, 0) is 46.9 Å². The Balaban J connectivity index is 1.28. The number of alkyl carbamates (subject to hydrolysis) is 1. The summed E-state index contributed by atoms with van der Waals surface area (Å²) >= 11 is 0. The molecular formula is C28H34N2O5. The molecule has 0 saturated heterocycles. The molecule has 0 spiro atoms. The van der Waals surface area contributed by atoms with Gasteiger partial charge >= 0.3 is 12.1 Å². The number of ether oxygens (including phenoxy) is 1. The van der Waals surface area contributed by atoms with Crippen LogP contribution in [-0.2, 0) is 14.3 Å². The molecule has 4 rings (SSSR count). The number of carbonyl (C=O) groups is 3. The first kappa shape index (κ1) is 24.8. The van der Waals surface area contributed by atoms with E-state index in [1.807, 2.05) is 38.1 Å². The average molecular weight is 479 g/mol. The zero-order valence-electron chi connectivity index (χ0n) is 20.3. The van der Waals surface area contributed by atoms with Crippen molar-refractivity contribution < 1.29 is 24.2 Å². The summed E-state index contributed by atoms with van der Waals surface area (Å²) in [6, 6.07) is 16.4. The second kappa shape index (κ2) is 10.9. The number of hydrogen-bond acceptors (Lipinski definition) is 4. The summed E-state index contributed by atoms with van der Waals surface area (Å²) < 4.78 is 5.61.